The predicted octanol–water partition coefficient (Wildman–Crippen LogP) is 3.86. The van der Waals surface area contributed by atoms with Crippen molar-refractivity contribution in [1.82, 2.24) is 0 Å². The highest BCUT2D eigenvalue weighted by molar-refractivity contribution is 14.1. The van der Waals surface area contributed by atoms with E-state index < -0.39 is 0 Å². The predicted molar refractivity (Wildman–Crippen MR) is 74.8 cm³/mol. The van der Waals surface area contributed by atoms with E-state index >= 15 is 0 Å². The number of fused-ring (bicyclic) bond motifs is 1. The van der Waals surface area contributed by atoms with Gasteiger partial charge in [0.25, 0.3) is 0 Å². The Bertz CT molecular complexity index is 506. The van der Waals surface area contributed by atoms with E-state index in [4.69, 9.17) is 0 Å². The zero-order chi connectivity index (χ0) is 10.1. The first-order valence-electron chi connectivity index (χ1n) is 4.06. The quantitative estimate of drug-likeness (QED) is 0.518. The summed E-state index contributed by atoms with van der Waals surface area (Å²) in [4.78, 5) is 10.8. The smallest absolute Gasteiger partial charge is 0.151 e. The summed E-state index contributed by atoms with van der Waals surface area (Å²) < 4.78 is 2.16. The van der Waals surface area contributed by atoms with Gasteiger partial charge in [-0.05, 0) is 62.0 Å². The van der Waals surface area contributed by atoms with Gasteiger partial charge in [-0.25, -0.2) is 0 Å². The summed E-state index contributed by atoms with van der Waals surface area (Å²) in [5.41, 5.74) is 0.772. The lowest BCUT2D eigenvalue weighted by atomic mass is 10.1. The second-order valence-electron chi connectivity index (χ2n) is 2.93. The van der Waals surface area contributed by atoms with E-state index in [0.717, 1.165) is 24.4 Å². The van der Waals surface area contributed by atoms with Gasteiger partial charge in [0.1, 0.15) is 0 Å². The molecule has 70 valence electrons. The van der Waals surface area contributed by atoms with Crippen LogP contribution in [0.25, 0.3) is 10.8 Å². The van der Waals surface area contributed by atoms with Gasteiger partial charge < -0.3 is 0 Å². The van der Waals surface area contributed by atoms with E-state index in [9.17, 15) is 4.79 Å². The maximum absolute atomic E-state index is 10.8. The van der Waals surface area contributed by atoms with Crippen molar-refractivity contribution in [2.75, 3.05) is 0 Å². The van der Waals surface area contributed by atoms with Gasteiger partial charge in [-0.15, -0.1) is 0 Å². The molecule has 0 atom stereocenters. The van der Waals surface area contributed by atoms with Crippen molar-refractivity contribution in [2.24, 2.45) is 0 Å². The fraction of sp³-hybridized carbons (Fsp3) is 0. The standard InChI is InChI=1S/C11H6I2O/c12-10-5-7(6-14)11(13)9-4-2-1-3-8(9)10/h1-6H. The van der Waals surface area contributed by atoms with Crippen molar-refractivity contribution in [3.05, 3.63) is 43.0 Å². The van der Waals surface area contributed by atoms with Crippen molar-refractivity contribution in [3.63, 3.8) is 0 Å². The van der Waals surface area contributed by atoms with E-state index in [2.05, 4.69) is 51.2 Å². The van der Waals surface area contributed by atoms with Crippen LogP contribution in [0.1, 0.15) is 10.4 Å². The molecular weight excluding hydrogens is 402 g/mol. The Kier molecular flexibility index (Phi) is 3.06. The van der Waals surface area contributed by atoms with Crippen LogP contribution in [0.15, 0.2) is 30.3 Å². The maximum atomic E-state index is 10.8. The monoisotopic (exact) mass is 408 g/mol. The van der Waals surface area contributed by atoms with Gasteiger partial charge in [-0.1, -0.05) is 24.3 Å². The first kappa shape index (κ1) is 10.4. The number of aldehydes is 1. The Morgan fingerprint density at radius 1 is 1.07 bits per heavy atom. The van der Waals surface area contributed by atoms with Crippen LogP contribution in [-0.4, -0.2) is 6.29 Å². The molecule has 0 radical (unpaired) electrons. The number of hydrogen-bond acceptors (Lipinski definition) is 1. The highest BCUT2D eigenvalue weighted by Crippen LogP contribution is 2.27. The lowest BCUT2D eigenvalue weighted by molar-refractivity contribution is 0.112. The lowest BCUT2D eigenvalue weighted by Crippen LogP contribution is -1.90. The van der Waals surface area contributed by atoms with Crippen molar-refractivity contribution in [2.45, 2.75) is 0 Å². The Balaban J connectivity index is 2.94. The molecule has 0 saturated heterocycles. The fourth-order valence-electron chi connectivity index (χ4n) is 1.40. The Hall–Kier alpha value is -0.170. The lowest BCUT2D eigenvalue weighted by Gasteiger charge is -2.05. The molecule has 2 rings (SSSR count). The van der Waals surface area contributed by atoms with Gasteiger partial charge in [-0.3, -0.25) is 4.79 Å². The largest absolute Gasteiger partial charge is 0.298 e. The number of carbonyl (C=O) groups excluding carboxylic acids is 1. The zero-order valence-corrected chi connectivity index (χ0v) is 11.4. The van der Waals surface area contributed by atoms with Gasteiger partial charge >= 0.3 is 0 Å². The van der Waals surface area contributed by atoms with Crippen LogP contribution in [0.4, 0.5) is 0 Å². The molecule has 0 aromatic heterocycles. The molecule has 0 N–H and O–H groups in total. The molecule has 3 heteroatoms. The fourth-order valence-corrected chi connectivity index (χ4v) is 2.96. The molecule has 0 saturated carbocycles. The van der Waals surface area contributed by atoms with Crippen molar-refractivity contribution in [1.29, 1.82) is 0 Å². The third kappa shape index (κ3) is 1.67. The van der Waals surface area contributed by atoms with E-state index in [1.165, 1.54) is 5.39 Å². The highest BCUT2D eigenvalue weighted by Gasteiger charge is 2.06. The minimum atomic E-state index is 0.772. The molecule has 0 spiro atoms. The van der Waals surface area contributed by atoms with Crippen LogP contribution in [0.3, 0.4) is 0 Å². The Labute approximate surface area is 109 Å². The molecule has 0 aliphatic heterocycles. The first-order chi connectivity index (χ1) is 6.74. The second-order valence-corrected chi connectivity index (χ2v) is 5.17. The third-order valence-corrected chi connectivity index (χ3v) is 4.18. The molecule has 1 nitrogen and oxygen atoms in total. The summed E-state index contributed by atoms with van der Waals surface area (Å²) in [5.74, 6) is 0. The molecule has 0 amide bonds. The number of carbonyl (C=O) groups is 1. The van der Waals surface area contributed by atoms with Gasteiger partial charge in [0.2, 0.25) is 0 Å². The van der Waals surface area contributed by atoms with Gasteiger partial charge in [-0.2, -0.15) is 0 Å². The van der Waals surface area contributed by atoms with Gasteiger partial charge in [0.15, 0.2) is 6.29 Å². The van der Waals surface area contributed by atoms with Gasteiger partial charge in [0.05, 0.1) is 0 Å². The molecule has 14 heavy (non-hydrogen) atoms. The molecule has 2 aromatic rings. The van der Waals surface area contributed by atoms with E-state index in [-0.39, 0.29) is 0 Å². The molecular formula is C11H6I2O. The minimum Gasteiger partial charge on any atom is -0.298 e. The molecule has 0 fully saturated rings. The summed E-state index contributed by atoms with van der Waals surface area (Å²) in [6.07, 6.45) is 0.913. The molecule has 0 unspecified atom stereocenters. The van der Waals surface area contributed by atoms with Crippen LogP contribution >= 0.6 is 45.2 Å². The van der Waals surface area contributed by atoms with E-state index in [0.29, 0.717) is 0 Å². The van der Waals surface area contributed by atoms with Crippen LogP contribution < -0.4 is 0 Å². The van der Waals surface area contributed by atoms with Crippen LogP contribution in [0.5, 0.6) is 0 Å². The Morgan fingerprint density at radius 3 is 2.36 bits per heavy atom. The number of hydrogen-bond donors (Lipinski definition) is 0. The zero-order valence-electron chi connectivity index (χ0n) is 7.13. The molecule has 0 heterocycles. The average Bonchev–Trinajstić information content (AvgIpc) is 2.23. The molecule has 0 bridgehead atoms. The highest BCUT2D eigenvalue weighted by atomic mass is 127. The number of rotatable bonds is 1. The van der Waals surface area contributed by atoms with Crippen molar-refractivity contribution >= 4 is 62.2 Å². The van der Waals surface area contributed by atoms with Crippen molar-refractivity contribution in [3.8, 4) is 0 Å². The normalized spacial score (nSPS) is 10.4. The van der Waals surface area contributed by atoms with E-state index in [1.807, 2.05) is 24.3 Å². The summed E-state index contributed by atoms with van der Waals surface area (Å²) in [6, 6.07) is 10.1. The number of benzene rings is 2. The molecule has 0 aliphatic rings. The topological polar surface area (TPSA) is 17.1 Å². The molecule has 0 aliphatic carbocycles. The first-order valence-corrected chi connectivity index (χ1v) is 6.21. The van der Waals surface area contributed by atoms with Crippen molar-refractivity contribution < 1.29 is 4.79 Å². The van der Waals surface area contributed by atoms with Gasteiger partial charge in [0, 0.05) is 12.7 Å². The summed E-state index contributed by atoms with van der Waals surface area (Å²) in [5, 5.41) is 2.37. The summed E-state index contributed by atoms with van der Waals surface area (Å²) in [7, 11) is 0. The third-order valence-electron chi connectivity index (χ3n) is 2.08. The summed E-state index contributed by atoms with van der Waals surface area (Å²) >= 11 is 4.48. The molecule has 2 aromatic carbocycles. The van der Waals surface area contributed by atoms with Crippen LogP contribution in [0.2, 0.25) is 0 Å². The van der Waals surface area contributed by atoms with E-state index in [1.54, 1.807) is 0 Å². The van der Waals surface area contributed by atoms with Crippen LogP contribution in [0, 0.1) is 7.14 Å². The maximum Gasteiger partial charge on any atom is 0.151 e. The minimum absolute atomic E-state index is 0.772. The second kappa shape index (κ2) is 4.14. The SMILES string of the molecule is O=Cc1cc(I)c2ccccc2c1I. The number of halogens is 2. The summed E-state index contributed by atoms with van der Waals surface area (Å²) in [6.45, 7) is 0. The Morgan fingerprint density at radius 2 is 1.71 bits per heavy atom. The average molecular weight is 408 g/mol. The van der Waals surface area contributed by atoms with Crippen LogP contribution in [-0.2, 0) is 0 Å².